The zero-order valence-electron chi connectivity index (χ0n) is 12.1. The molecule has 1 aromatic heterocycles. The van der Waals surface area contributed by atoms with E-state index in [1.54, 1.807) is 14.2 Å². The van der Waals surface area contributed by atoms with Crippen molar-refractivity contribution in [1.29, 1.82) is 5.26 Å². The summed E-state index contributed by atoms with van der Waals surface area (Å²) in [5.41, 5.74) is 0.959. The average Bonchev–Trinajstić information content (AvgIpc) is 2.93. The van der Waals surface area contributed by atoms with Crippen LogP contribution in [0.2, 0.25) is 0 Å². The molecule has 22 heavy (non-hydrogen) atoms. The van der Waals surface area contributed by atoms with Crippen LogP contribution in [0.25, 0.3) is 0 Å². The highest BCUT2D eigenvalue weighted by molar-refractivity contribution is 7.99. The Morgan fingerprint density at radius 3 is 2.77 bits per heavy atom. The first-order valence-corrected chi connectivity index (χ1v) is 8.45. The largest absolute Gasteiger partial charge is 0.493 e. The number of hydrogen-bond donors (Lipinski definition) is 1. The van der Waals surface area contributed by atoms with Crippen LogP contribution in [0, 0.1) is 17.2 Å². The predicted molar refractivity (Wildman–Crippen MR) is 86.2 cm³/mol. The molecule has 0 saturated heterocycles. The number of nitrogens with one attached hydrogen (secondary N) is 1. The molecule has 1 aliphatic heterocycles. The van der Waals surface area contributed by atoms with Gasteiger partial charge in [-0.25, -0.2) is 0 Å². The van der Waals surface area contributed by atoms with E-state index in [1.807, 2.05) is 18.2 Å². The van der Waals surface area contributed by atoms with Crippen molar-refractivity contribution < 1.29 is 9.47 Å². The molecule has 0 fully saturated rings. The van der Waals surface area contributed by atoms with Gasteiger partial charge in [-0.05, 0) is 17.7 Å². The van der Waals surface area contributed by atoms with Crippen molar-refractivity contribution in [2.24, 2.45) is 5.92 Å². The number of ether oxygens (including phenoxy) is 2. The summed E-state index contributed by atoms with van der Waals surface area (Å²) in [7, 11) is 3.17. The third-order valence-electron chi connectivity index (χ3n) is 3.67. The van der Waals surface area contributed by atoms with Crippen molar-refractivity contribution in [2.75, 3.05) is 20.0 Å². The molecule has 0 spiro atoms. The Bertz CT molecular complexity index is 791. The molecule has 114 valence electrons. The van der Waals surface area contributed by atoms with Gasteiger partial charge in [-0.2, -0.15) is 5.26 Å². The molecule has 0 bridgehead atoms. The number of benzene rings is 1. The number of H-pyrrole nitrogens is 1. The second kappa shape index (κ2) is 6.07. The van der Waals surface area contributed by atoms with Gasteiger partial charge in [-0.15, -0.1) is 11.8 Å². The summed E-state index contributed by atoms with van der Waals surface area (Å²) in [5.74, 6) is 1.63. The van der Waals surface area contributed by atoms with Crippen molar-refractivity contribution in [3.63, 3.8) is 0 Å². The molecular formula is C15H14N2O3S2. The lowest BCUT2D eigenvalue weighted by Crippen LogP contribution is -2.19. The highest BCUT2D eigenvalue weighted by Gasteiger charge is 2.34. The van der Waals surface area contributed by atoms with E-state index in [2.05, 4.69) is 11.1 Å². The van der Waals surface area contributed by atoms with Gasteiger partial charge >= 0.3 is 4.87 Å². The summed E-state index contributed by atoms with van der Waals surface area (Å²) in [6.45, 7) is 0. The maximum atomic E-state index is 11.7. The van der Waals surface area contributed by atoms with Gasteiger partial charge in [0.25, 0.3) is 0 Å². The number of nitrogens with zero attached hydrogens (tertiary/aromatic N) is 1. The summed E-state index contributed by atoms with van der Waals surface area (Å²) in [4.78, 5) is 15.4. The van der Waals surface area contributed by atoms with Gasteiger partial charge in [0.2, 0.25) is 0 Å². The Hall–Kier alpha value is -1.91. The van der Waals surface area contributed by atoms with Crippen LogP contribution in [0.5, 0.6) is 11.5 Å². The Labute approximate surface area is 135 Å². The van der Waals surface area contributed by atoms with E-state index in [9.17, 15) is 10.1 Å². The lowest BCUT2D eigenvalue weighted by Gasteiger charge is -2.26. The average molecular weight is 334 g/mol. The molecular weight excluding hydrogens is 320 g/mol. The standard InChI is InChI=1S/C15H14N2O3S2/c1-19-10-4-3-8(5-11(10)20-2)12-9(6-16)7-21-14-13(12)22-15(18)17-14/h3-5,9,12H,7H2,1-2H3,(H,17,18)/t9-,12-/m0/s1. The first-order chi connectivity index (χ1) is 10.7. The molecule has 0 saturated carbocycles. The maximum absolute atomic E-state index is 11.7. The molecule has 0 unspecified atom stereocenters. The Morgan fingerprint density at radius 1 is 1.32 bits per heavy atom. The number of thioether (sulfide) groups is 1. The number of nitriles is 1. The highest BCUT2D eigenvalue weighted by atomic mass is 32.2. The van der Waals surface area contributed by atoms with Crippen LogP contribution >= 0.6 is 23.1 Å². The Balaban J connectivity index is 2.12. The summed E-state index contributed by atoms with van der Waals surface area (Å²) in [6.07, 6.45) is 0. The minimum Gasteiger partial charge on any atom is -0.493 e. The van der Waals surface area contributed by atoms with Crippen molar-refractivity contribution in [3.8, 4) is 17.6 Å². The van der Waals surface area contributed by atoms with Gasteiger partial charge in [0.05, 0.1) is 31.2 Å². The fourth-order valence-electron chi connectivity index (χ4n) is 2.63. The highest BCUT2D eigenvalue weighted by Crippen LogP contribution is 2.46. The van der Waals surface area contributed by atoms with Crippen molar-refractivity contribution in [1.82, 2.24) is 4.98 Å². The van der Waals surface area contributed by atoms with Crippen LogP contribution in [0.1, 0.15) is 16.4 Å². The monoisotopic (exact) mass is 334 g/mol. The number of rotatable bonds is 3. The van der Waals surface area contributed by atoms with E-state index in [0.717, 1.165) is 15.5 Å². The number of thiazole rings is 1. The molecule has 5 nitrogen and oxygen atoms in total. The first kappa shape index (κ1) is 15.0. The van der Waals surface area contributed by atoms with Crippen LogP contribution in [-0.2, 0) is 0 Å². The topological polar surface area (TPSA) is 75.1 Å². The number of aromatic nitrogens is 1. The molecule has 2 aromatic rings. The van der Waals surface area contributed by atoms with Gasteiger partial charge in [-0.1, -0.05) is 17.4 Å². The van der Waals surface area contributed by atoms with E-state index in [0.29, 0.717) is 17.3 Å². The zero-order chi connectivity index (χ0) is 15.7. The Kier molecular flexibility index (Phi) is 4.14. The van der Waals surface area contributed by atoms with Crippen LogP contribution < -0.4 is 14.3 Å². The third-order valence-corrected chi connectivity index (χ3v) is 5.90. The summed E-state index contributed by atoms with van der Waals surface area (Å²) in [5, 5.41) is 10.4. The van der Waals surface area contributed by atoms with Crippen molar-refractivity contribution >= 4 is 23.1 Å². The molecule has 2 atom stereocenters. The minimum atomic E-state index is -0.179. The lowest BCUT2D eigenvalue weighted by molar-refractivity contribution is 0.354. The van der Waals surface area contributed by atoms with Crippen molar-refractivity contribution in [2.45, 2.75) is 10.9 Å². The normalized spacial score (nSPS) is 20.0. The minimum absolute atomic E-state index is 0.0819. The van der Waals surface area contributed by atoms with E-state index in [-0.39, 0.29) is 16.7 Å². The molecule has 2 heterocycles. The first-order valence-electron chi connectivity index (χ1n) is 6.65. The van der Waals surface area contributed by atoms with Crippen molar-refractivity contribution in [3.05, 3.63) is 38.3 Å². The van der Waals surface area contributed by atoms with Crippen LogP contribution in [-0.4, -0.2) is 25.0 Å². The van der Waals surface area contributed by atoms with Crippen LogP contribution in [0.4, 0.5) is 0 Å². The predicted octanol–water partition coefficient (Wildman–Crippen LogP) is 2.83. The second-order valence-electron chi connectivity index (χ2n) is 4.85. The van der Waals surface area contributed by atoms with Crippen LogP contribution in [0.3, 0.4) is 0 Å². The summed E-state index contributed by atoms with van der Waals surface area (Å²) >= 11 is 2.72. The van der Waals surface area contributed by atoms with Gasteiger partial charge in [0.15, 0.2) is 11.5 Å². The van der Waals surface area contributed by atoms with Gasteiger partial charge in [0, 0.05) is 16.5 Å². The van der Waals surface area contributed by atoms with E-state index < -0.39 is 0 Å². The molecule has 7 heteroatoms. The maximum Gasteiger partial charge on any atom is 0.305 e. The molecule has 3 rings (SSSR count). The molecule has 1 N–H and O–H groups in total. The number of hydrogen-bond acceptors (Lipinski definition) is 6. The van der Waals surface area contributed by atoms with Gasteiger partial charge in [0.1, 0.15) is 0 Å². The summed E-state index contributed by atoms with van der Waals surface area (Å²) < 4.78 is 10.6. The molecule has 0 aliphatic carbocycles. The van der Waals surface area contributed by atoms with E-state index >= 15 is 0 Å². The fraction of sp³-hybridized carbons (Fsp3) is 0.333. The third kappa shape index (κ3) is 2.49. The summed E-state index contributed by atoms with van der Waals surface area (Å²) in [6, 6.07) is 8.02. The molecule has 1 aromatic carbocycles. The van der Waals surface area contributed by atoms with Gasteiger partial charge < -0.3 is 14.5 Å². The van der Waals surface area contributed by atoms with E-state index in [4.69, 9.17) is 9.47 Å². The second-order valence-corrected chi connectivity index (χ2v) is 6.89. The fourth-order valence-corrected chi connectivity index (χ4v) is 4.97. The number of fused-ring (bicyclic) bond motifs is 1. The molecule has 1 aliphatic rings. The van der Waals surface area contributed by atoms with Crippen LogP contribution in [0.15, 0.2) is 28.0 Å². The number of methoxy groups -OCH3 is 2. The zero-order valence-corrected chi connectivity index (χ0v) is 13.7. The SMILES string of the molecule is COc1ccc([C@@H]2c3sc(=O)[nH]c3SC[C@@H]2C#N)cc1OC. The smallest absolute Gasteiger partial charge is 0.305 e. The van der Waals surface area contributed by atoms with E-state index in [1.165, 1.54) is 23.1 Å². The van der Waals surface area contributed by atoms with Gasteiger partial charge in [-0.3, -0.25) is 4.79 Å². The molecule has 0 radical (unpaired) electrons. The Morgan fingerprint density at radius 2 is 2.09 bits per heavy atom. The number of aromatic amines is 1. The lowest BCUT2D eigenvalue weighted by atomic mass is 9.86. The molecule has 0 amide bonds. The quantitative estimate of drug-likeness (QED) is 0.934.